The van der Waals surface area contributed by atoms with Crippen LogP contribution in [0.1, 0.15) is 43.6 Å². The summed E-state index contributed by atoms with van der Waals surface area (Å²) in [6, 6.07) is 14.4. The molecule has 0 unspecified atom stereocenters. The maximum Gasteiger partial charge on any atom is 0.339 e. The Bertz CT molecular complexity index is 775. The molecule has 5 nitrogen and oxygen atoms in total. The molecule has 138 valence electrons. The maximum atomic E-state index is 12.4. The van der Waals surface area contributed by atoms with Crippen molar-refractivity contribution in [3.05, 3.63) is 59.7 Å². The van der Waals surface area contributed by atoms with E-state index in [0.717, 1.165) is 0 Å². The highest BCUT2D eigenvalue weighted by Gasteiger charge is 2.19. The van der Waals surface area contributed by atoms with Gasteiger partial charge in [0.15, 0.2) is 6.10 Å². The van der Waals surface area contributed by atoms with Crippen LogP contribution in [0.2, 0.25) is 0 Å². The van der Waals surface area contributed by atoms with Gasteiger partial charge >= 0.3 is 5.97 Å². The zero-order chi connectivity index (χ0) is 19.3. The van der Waals surface area contributed by atoms with Gasteiger partial charge in [-0.3, -0.25) is 4.79 Å². The minimum atomic E-state index is -0.721. The number of rotatable bonds is 5. The van der Waals surface area contributed by atoms with Crippen LogP contribution in [-0.4, -0.2) is 25.1 Å². The van der Waals surface area contributed by atoms with Gasteiger partial charge in [0.05, 0.1) is 18.4 Å². The first kappa shape index (κ1) is 19.5. The molecule has 2 aromatic carbocycles. The van der Waals surface area contributed by atoms with Crippen molar-refractivity contribution in [3.8, 4) is 5.75 Å². The second-order valence-corrected chi connectivity index (χ2v) is 7.06. The van der Waals surface area contributed by atoms with E-state index in [0.29, 0.717) is 17.0 Å². The first-order chi connectivity index (χ1) is 12.2. The summed E-state index contributed by atoms with van der Waals surface area (Å²) in [5, 5.41) is 2.72. The smallest absolute Gasteiger partial charge is 0.339 e. The SMILES string of the molecule is COC(=O)c1ccccc1NC(=O)[C@@H](C)Oc1ccc(C(C)(C)C)cc1. The molecule has 0 saturated heterocycles. The normalized spacial score (nSPS) is 12.2. The van der Waals surface area contributed by atoms with E-state index < -0.39 is 12.1 Å². The van der Waals surface area contributed by atoms with Crippen molar-refractivity contribution in [2.45, 2.75) is 39.2 Å². The molecule has 2 rings (SSSR count). The standard InChI is InChI=1S/C21H25NO4/c1-14(26-16-12-10-15(11-13-16)21(2,3)4)19(23)22-18-9-7-6-8-17(18)20(24)25-5/h6-14H,1-5H3,(H,22,23)/t14-/m1/s1. The number of methoxy groups -OCH3 is 1. The molecule has 0 aliphatic carbocycles. The van der Waals surface area contributed by atoms with Crippen LogP contribution in [0.4, 0.5) is 5.69 Å². The molecule has 0 aromatic heterocycles. The Labute approximate surface area is 154 Å². The summed E-state index contributed by atoms with van der Waals surface area (Å²) in [6.45, 7) is 8.07. The molecule has 0 aliphatic heterocycles. The fourth-order valence-corrected chi connectivity index (χ4v) is 2.41. The number of carbonyl (C=O) groups excluding carboxylic acids is 2. The molecule has 5 heteroatoms. The molecule has 0 saturated carbocycles. The zero-order valence-electron chi connectivity index (χ0n) is 15.8. The van der Waals surface area contributed by atoms with Gasteiger partial charge in [-0.25, -0.2) is 4.79 Å². The van der Waals surface area contributed by atoms with Crippen LogP contribution in [-0.2, 0) is 14.9 Å². The summed E-state index contributed by atoms with van der Waals surface area (Å²) in [6.07, 6.45) is -0.721. The zero-order valence-corrected chi connectivity index (χ0v) is 15.8. The van der Waals surface area contributed by atoms with E-state index in [1.54, 1.807) is 31.2 Å². The first-order valence-corrected chi connectivity index (χ1v) is 8.48. The molecule has 1 atom stereocenters. The third-order valence-electron chi connectivity index (χ3n) is 3.99. The summed E-state index contributed by atoms with van der Waals surface area (Å²) >= 11 is 0. The highest BCUT2D eigenvalue weighted by Crippen LogP contribution is 2.25. The van der Waals surface area contributed by atoms with Crippen molar-refractivity contribution in [2.24, 2.45) is 0 Å². The minimum Gasteiger partial charge on any atom is -0.481 e. The van der Waals surface area contributed by atoms with E-state index in [1.807, 2.05) is 24.3 Å². The molecule has 2 aromatic rings. The van der Waals surface area contributed by atoms with E-state index in [9.17, 15) is 9.59 Å². The lowest BCUT2D eigenvalue weighted by molar-refractivity contribution is -0.122. The van der Waals surface area contributed by atoms with Gasteiger partial charge < -0.3 is 14.8 Å². The largest absolute Gasteiger partial charge is 0.481 e. The van der Waals surface area contributed by atoms with E-state index in [1.165, 1.54) is 12.7 Å². The van der Waals surface area contributed by atoms with Gasteiger partial charge in [0.25, 0.3) is 5.91 Å². The van der Waals surface area contributed by atoms with E-state index in [-0.39, 0.29) is 11.3 Å². The lowest BCUT2D eigenvalue weighted by Gasteiger charge is -2.20. The molecule has 0 radical (unpaired) electrons. The van der Waals surface area contributed by atoms with E-state index in [2.05, 4.69) is 26.1 Å². The number of hydrogen-bond donors (Lipinski definition) is 1. The van der Waals surface area contributed by atoms with Crippen LogP contribution in [0.25, 0.3) is 0 Å². The van der Waals surface area contributed by atoms with Crippen molar-refractivity contribution in [1.29, 1.82) is 0 Å². The monoisotopic (exact) mass is 355 g/mol. The number of nitrogens with one attached hydrogen (secondary N) is 1. The number of benzene rings is 2. The van der Waals surface area contributed by atoms with Crippen LogP contribution in [0.3, 0.4) is 0 Å². The topological polar surface area (TPSA) is 64.6 Å². The second kappa shape index (κ2) is 8.04. The van der Waals surface area contributed by atoms with Crippen LogP contribution in [0, 0.1) is 0 Å². The van der Waals surface area contributed by atoms with E-state index in [4.69, 9.17) is 9.47 Å². The highest BCUT2D eigenvalue weighted by molar-refractivity contribution is 6.02. The lowest BCUT2D eigenvalue weighted by Crippen LogP contribution is -2.30. The first-order valence-electron chi connectivity index (χ1n) is 8.48. The predicted octanol–water partition coefficient (Wildman–Crippen LogP) is 4.18. The Hall–Kier alpha value is -2.82. The third kappa shape index (κ3) is 4.85. The second-order valence-electron chi connectivity index (χ2n) is 7.06. The fourth-order valence-electron chi connectivity index (χ4n) is 2.41. The Morgan fingerprint density at radius 3 is 2.19 bits per heavy atom. The summed E-state index contributed by atoms with van der Waals surface area (Å²) in [5.74, 6) is -0.240. The van der Waals surface area contributed by atoms with Gasteiger partial charge in [0.2, 0.25) is 0 Å². The van der Waals surface area contributed by atoms with E-state index >= 15 is 0 Å². The summed E-state index contributed by atoms with van der Waals surface area (Å²) in [5.41, 5.74) is 1.93. The number of amides is 1. The highest BCUT2D eigenvalue weighted by atomic mass is 16.5. The average Bonchev–Trinajstić information content (AvgIpc) is 2.61. The molecule has 0 heterocycles. The van der Waals surface area contributed by atoms with Crippen molar-refractivity contribution < 1.29 is 19.1 Å². The van der Waals surface area contributed by atoms with Gasteiger partial charge in [0.1, 0.15) is 5.75 Å². The van der Waals surface area contributed by atoms with Gasteiger partial charge in [-0.05, 0) is 42.2 Å². The number of para-hydroxylation sites is 1. The van der Waals surface area contributed by atoms with Crippen LogP contribution in [0.5, 0.6) is 5.75 Å². The Kier molecular flexibility index (Phi) is 6.03. The van der Waals surface area contributed by atoms with Crippen LogP contribution < -0.4 is 10.1 Å². The average molecular weight is 355 g/mol. The fraction of sp³-hybridized carbons (Fsp3) is 0.333. The van der Waals surface area contributed by atoms with Gasteiger partial charge in [-0.15, -0.1) is 0 Å². The summed E-state index contributed by atoms with van der Waals surface area (Å²) < 4.78 is 10.4. The number of hydrogen-bond acceptors (Lipinski definition) is 4. The number of ether oxygens (including phenoxy) is 2. The van der Waals surface area contributed by atoms with Gasteiger partial charge in [-0.1, -0.05) is 45.0 Å². The molecule has 1 amide bonds. The Balaban J connectivity index is 2.06. The molecule has 0 bridgehead atoms. The molecule has 0 spiro atoms. The molecule has 0 aliphatic rings. The summed E-state index contributed by atoms with van der Waals surface area (Å²) in [7, 11) is 1.30. The number of esters is 1. The van der Waals surface area contributed by atoms with Gasteiger partial charge in [-0.2, -0.15) is 0 Å². The van der Waals surface area contributed by atoms with Crippen molar-refractivity contribution >= 4 is 17.6 Å². The molecular formula is C21H25NO4. The molecule has 0 fully saturated rings. The number of anilines is 1. The van der Waals surface area contributed by atoms with Gasteiger partial charge in [0, 0.05) is 0 Å². The number of carbonyl (C=O) groups is 2. The minimum absolute atomic E-state index is 0.0547. The Morgan fingerprint density at radius 1 is 1.00 bits per heavy atom. The maximum absolute atomic E-state index is 12.4. The molecule has 1 N–H and O–H groups in total. The quantitative estimate of drug-likeness (QED) is 0.817. The van der Waals surface area contributed by atoms with Crippen molar-refractivity contribution in [3.63, 3.8) is 0 Å². The lowest BCUT2D eigenvalue weighted by atomic mass is 9.87. The van der Waals surface area contributed by atoms with Crippen molar-refractivity contribution in [1.82, 2.24) is 0 Å². The van der Waals surface area contributed by atoms with Crippen LogP contribution in [0.15, 0.2) is 48.5 Å². The Morgan fingerprint density at radius 2 is 1.62 bits per heavy atom. The van der Waals surface area contributed by atoms with Crippen molar-refractivity contribution in [2.75, 3.05) is 12.4 Å². The summed E-state index contributed by atoms with van der Waals surface area (Å²) in [4.78, 5) is 24.2. The molecular weight excluding hydrogens is 330 g/mol. The molecule has 26 heavy (non-hydrogen) atoms. The van der Waals surface area contributed by atoms with Crippen LogP contribution >= 0.6 is 0 Å². The third-order valence-corrected chi connectivity index (χ3v) is 3.99. The predicted molar refractivity (Wildman–Crippen MR) is 102 cm³/mol.